The normalized spacial score (nSPS) is 15.3. The molecule has 4 nitrogen and oxygen atoms in total. The quantitative estimate of drug-likeness (QED) is 0.508. The molecule has 0 amide bonds. The molecule has 2 aromatic heterocycles. The van der Waals surface area contributed by atoms with E-state index in [9.17, 15) is 0 Å². The molecule has 5 heteroatoms. The van der Waals surface area contributed by atoms with Gasteiger partial charge in [0.1, 0.15) is 11.6 Å². The molecule has 4 rings (SSSR count). The number of nitrogens with zero attached hydrogens (tertiary/aromatic N) is 4. The minimum absolute atomic E-state index is 0.638. The number of pyridine rings is 1. The molecule has 0 N–H and O–H groups in total. The Labute approximate surface area is 171 Å². The highest BCUT2D eigenvalue weighted by Gasteiger charge is 2.22. The largest absolute Gasteiger partial charge is 0.357 e. The second-order valence-corrected chi connectivity index (χ2v) is 8.34. The van der Waals surface area contributed by atoms with Crippen molar-refractivity contribution >= 4 is 28.5 Å². The number of rotatable bonds is 5. The van der Waals surface area contributed by atoms with E-state index in [0.717, 1.165) is 53.7 Å². The molecule has 146 valence electrons. The molecule has 0 aliphatic carbocycles. The number of fused-ring (bicyclic) bond motifs is 1. The van der Waals surface area contributed by atoms with Crippen LogP contribution in [-0.2, 0) is 7.05 Å². The fourth-order valence-corrected chi connectivity index (χ4v) is 4.25. The first-order valence-electron chi connectivity index (χ1n) is 9.99. The summed E-state index contributed by atoms with van der Waals surface area (Å²) in [5.74, 6) is 2.66. The van der Waals surface area contributed by atoms with Gasteiger partial charge in [-0.1, -0.05) is 29.3 Å². The number of hydrogen-bond donors (Lipinski definition) is 0. The van der Waals surface area contributed by atoms with Crippen LogP contribution in [0.4, 0.5) is 5.82 Å². The van der Waals surface area contributed by atoms with Gasteiger partial charge in [0, 0.05) is 31.9 Å². The van der Waals surface area contributed by atoms with Crippen molar-refractivity contribution in [3.05, 3.63) is 53.7 Å². The van der Waals surface area contributed by atoms with Gasteiger partial charge in [0.05, 0.1) is 16.1 Å². The van der Waals surface area contributed by atoms with E-state index in [1.165, 1.54) is 24.8 Å². The van der Waals surface area contributed by atoms with Crippen molar-refractivity contribution in [3.8, 4) is 11.4 Å². The van der Waals surface area contributed by atoms with Crippen molar-refractivity contribution in [3.63, 3.8) is 0 Å². The number of piperidine rings is 1. The fraction of sp³-hybridized carbons (Fsp3) is 0.391. The lowest BCUT2D eigenvalue weighted by molar-refractivity contribution is 0.380. The van der Waals surface area contributed by atoms with Crippen LogP contribution in [0.15, 0.2) is 48.7 Å². The lowest BCUT2D eigenvalue weighted by Crippen LogP contribution is -2.34. The maximum atomic E-state index is 6.52. The zero-order valence-corrected chi connectivity index (χ0v) is 17.4. The van der Waals surface area contributed by atoms with Crippen molar-refractivity contribution < 1.29 is 0 Å². The summed E-state index contributed by atoms with van der Waals surface area (Å²) in [6.45, 7) is 8.23. The van der Waals surface area contributed by atoms with Crippen LogP contribution in [0.3, 0.4) is 0 Å². The standard InChI is InChI=1S/C23H27ClN4/c1-16(2)8-9-17-10-12-28(13-11-17)22-14-18(19(24)15-25-22)23-26-20-6-4-5-7-21(20)27(23)3/h4-7,14-15,17H,1,8-13H2,2-3H3. The summed E-state index contributed by atoms with van der Waals surface area (Å²) in [6, 6.07) is 10.3. The molecule has 1 fully saturated rings. The Morgan fingerprint density at radius 1 is 1.25 bits per heavy atom. The van der Waals surface area contributed by atoms with Crippen LogP contribution in [0.5, 0.6) is 0 Å². The van der Waals surface area contributed by atoms with Crippen LogP contribution in [0.2, 0.25) is 5.02 Å². The summed E-state index contributed by atoms with van der Waals surface area (Å²) >= 11 is 6.52. The molecule has 0 bridgehead atoms. The van der Waals surface area contributed by atoms with Gasteiger partial charge >= 0.3 is 0 Å². The molecule has 3 aromatic rings. The van der Waals surface area contributed by atoms with Crippen molar-refractivity contribution in [1.82, 2.24) is 14.5 Å². The molecule has 1 saturated heterocycles. The molecule has 0 atom stereocenters. The number of hydrogen-bond acceptors (Lipinski definition) is 3. The van der Waals surface area contributed by atoms with Gasteiger partial charge in [-0.25, -0.2) is 9.97 Å². The van der Waals surface area contributed by atoms with E-state index in [-0.39, 0.29) is 0 Å². The van der Waals surface area contributed by atoms with Crippen molar-refractivity contribution in [2.45, 2.75) is 32.6 Å². The Bertz CT molecular complexity index is 999. The maximum absolute atomic E-state index is 6.52. The monoisotopic (exact) mass is 394 g/mol. The minimum Gasteiger partial charge on any atom is -0.357 e. The van der Waals surface area contributed by atoms with E-state index in [1.54, 1.807) is 6.20 Å². The molecule has 0 saturated carbocycles. The lowest BCUT2D eigenvalue weighted by atomic mass is 9.91. The molecular formula is C23H27ClN4. The number of aryl methyl sites for hydroxylation is 1. The van der Waals surface area contributed by atoms with Crippen LogP contribution in [0, 0.1) is 5.92 Å². The molecule has 0 unspecified atom stereocenters. The molecule has 3 heterocycles. The number of aromatic nitrogens is 3. The average Bonchev–Trinajstić information content (AvgIpc) is 3.04. The highest BCUT2D eigenvalue weighted by Crippen LogP contribution is 2.33. The third-order valence-corrected chi connectivity index (χ3v) is 6.09. The average molecular weight is 395 g/mol. The van der Waals surface area contributed by atoms with E-state index in [1.807, 2.05) is 25.2 Å². The summed E-state index contributed by atoms with van der Waals surface area (Å²) < 4.78 is 2.10. The number of halogens is 1. The van der Waals surface area contributed by atoms with Gasteiger partial charge in [-0.3, -0.25) is 0 Å². The van der Waals surface area contributed by atoms with E-state index >= 15 is 0 Å². The molecule has 1 aliphatic rings. The second-order valence-electron chi connectivity index (χ2n) is 7.93. The third-order valence-electron chi connectivity index (χ3n) is 5.79. The summed E-state index contributed by atoms with van der Waals surface area (Å²) in [6.07, 6.45) is 6.57. The van der Waals surface area contributed by atoms with E-state index in [0.29, 0.717) is 5.02 Å². The molecule has 0 spiro atoms. The van der Waals surface area contributed by atoms with Gasteiger partial charge in [0.2, 0.25) is 0 Å². The summed E-state index contributed by atoms with van der Waals surface area (Å²) in [7, 11) is 2.04. The lowest BCUT2D eigenvalue weighted by Gasteiger charge is -2.33. The zero-order valence-electron chi connectivity index (χ0n) is 16.7. The first-order chi connectivity index (χ1) is 13.5. The number of imidazole rings is 1. The predicted octanol–water partition coefficient (Wildman–Crippen LogP) is 5.86. The molecule has 28 heavy (non-hydrogen) atoms. The number of anilines is 1. The summed E-state index contributed by atoms with van der Waals surface area (Å²) in [5.41, 5.74) is 4.31. The van der Waals surface area contributed by atoms with Gasteiger partial charge in [-0.2, -0.15) is 0 Å². The van der Waals surface area contributed by atoms with Crippen LogP contribution in [-0.4, -0.2) is 27.6 Å². The van der Waals surface area contributed by atoms with Gasteiger partial charge in [0.15, 0.2) is 0 Å². The van der Waals surface area contributed by atoms with Crippen LogP contribution < -0.4 is 4.90 Å². The van der Waals surface area contributed by atoms with E-state index in [4.69, 9.17) is 16.6 Å². The van der Waals surface area contributed by atoms with Crippen LogP contribution in [0.25, 0.3) is 22.4 Å². The molecule has 1 aliphatic heterocycles. The van der Waals surface area contributed by atoms with Gasteiger partial charge in [0.25, 0.3) is 0 Å². The maximum Gasteiger partial charge on any atom is 0.142 e. The minimum atomic E-state index is 0.638. The highest BCUT2D eigenvalue weighted by atomic mass is 35.5. The Balaban J connectivity index is 1.56. The Hall–Kier alpha value is -2.33. The summed E-state index contributed by atoms with van der Waals surface area (Å²) in [4.78, 5) is 11.8. The molecule has 1 aromatic carbocycles. The van der Waals surface area contributed by atoms with Gasteiger partial charge in [-0.05, 0) is 56.7 Å². The second kappa shape index (κ2) is 7.96. The van der Waals surface area contributed by atoms with Crippen molar-refractivity contribution in [1.29, 1.82) is 0 Å². The topological polar surface area (TPSA) is 34.0 Å². The first kappa shape index (κ1) is 19.0. The van der Waals surface area contributed by atoms with E-state index < -0.39 is 0 Å². The molecule has 0 radical (unpaired) electrons. The highest BCUT2D eigenvalue weighted by molar-refractivity contribution is 6.33. The van der Waals surface area contributed by atoms with Gasteiger partial charge < -0.3 is 9.47 Å². The first-order valence-corrected chi connectivity index (χ1v) is 10.4. The summed E-state index contributed by atoms with van der Waals surface area (Å²) in [5, 5.41) is 0.638. The zero-order chi connectivity index (χ0) is 19.7. The smallest absolute Gasteiger partial charge is 0.142 e. The number of benzene rings is 1. The van der Waals surface area contributed by atoms with Crippen LogP contribution in [0.1, 0.15) is 32.6 Å². The van der Waals surface area contributed by atoms with E-state index in [2.05, 4.69) is 40.1 Å². The van der Waals surface area contributed by atoms with Gasteiger partial charge in [-0.15, -0.1) is 6.58 Å². The number of allylic oxidation sites excluding steroid dienone is 1. The Morgan fingerprint density at radius 3 is 2.71 bits per heavy atom. The van der Waals surface area contributed by atoms with Crippen molar-refractivity contribution in [2.75, 3.05) is 18.0 Å². The number of para-hydroxylation sites is 2. The van der Waals surface area contributed by atoms with Crippen LogP contribution >= 0.6 is 11.6 Å². The predicted molar refractivity (Wildman–Crippen MR) is 118 cm³/mol. The SMILES string of the molecule is C=C(C)CCC1CCN(c2cc(-c3nc4ccccc4n3C)c(Cl)cn2)CC1. The fourth-order valence-electron chi connectivity index (χ4n) is 4.06. The molecular weight excluding hydrogens is 368 g/mol. The van der Waals surface area contributed by atoms with Crippen molar-refractivity contribution in [2.24, 2.45) is 13.0 Å². The third kappa shape index (κ3) is 3.79. The Morgan fingerprint density at radius 2 is 2.00 bits per heavy atom. The Kier molecular flexibility index (Phi) is 5.40.